The minimum atomic E-state index is 0.410. The van der Waals surface area contributed by atoms with Gasteiger partial charge in [0, 0.05) is 0 Å². The largest absolute Gasteiger partial charge is 0.508 e. The topological polar surface area (TPSA) is 20.2 Å². The summed E-state index contributed by atoms with van der Waals surface area (Å²) in [5, 5.41) is 9.39. The minimum Gasteiger partial charge on any atom is -0.508 e. The van der Waals surface area contributed by atoms with Gasteiger partial charge in [0.2, 0.25) is 0 Å². The van der Waals surface area contributed by atoms with Crippen molar-refractivity contribution >= 4 is 0 Å². The summed E-state index contributed by atoms with van der Waals surface area (Å²) in [4.78, 5) is 0. The van der Waals surface area contributed by atoms with Crippen LogP contribution in [-0.2, 0) is 6.42 Å². The van der Waals surface area contributed by atoms with Crippen molar-refractivity contribution in [1.29, 1.82) is 0 Å². The van der Waals surface area contributed by atoms with Crippen LogP contribution in [0.4, 0.5) is 0 Å². The summed E-state index contributed by atoms with van der Waals surface area (Å²) < 4.78 is 0. The lowest BCUT2D eigenvalue weighted by Crippen LogP contribution is -1.91. The van der Waals surface area contributed by atoms with E-state index in [1.165, 1.54) is 11.1 Å². The van der Waals surface area contributed by atoms with E-state index in [0.29, 0.717) is 5.75 Å². The molecule has 1 N–H and O–H groups in total. The quantitative estimate of drug-likeness (QED) is 0.712. The first-order valence-electron chi connectivity index (χ1n) is 4.44. The molecule has 0 atom stereocenters. The summed E-state index contributed by atoms with van der Waals surface area (Å²) in [6.07, 6.45) is 2.26. The third-order valence-corrected chi connectivity index (χ3v) is 2.39. The molecule has 0 bridgehead atoms. The number of phenolic OH excluding ortho intramolecular Hbond substituents is 1. The number of phenols is 1. The van der Waals surface area contributed by atoms with Crippen molar-refractivity contribution in [2.24, 2.45) is 0 Å². The van der Waals surface area contributed by atoms with E-state index in [9.17, 15) is 5.11 Å². The highest BCUT2D eigenvalue weighted by molar-refractivity contribution is 5.42. The van der Waals surface area contributed by atoms with Gasteiger partial charge in [0.15, 0.2) is 0 Å². The van der Waals surface area contributed by atoms with E-state index in [2.05, 4.69) is 13.8 Å². The molecule has 0 heterocycles. The van der Waals surface area contributed by atoms with Gasteiger partial charge >= 0.3 is 0 Å². The van der Waals surface area contributed by atoms with Crippen LogP contribution in [-0.4, -0.2) is 5.11 Å². The van der Waals surface area contributed by atoms with Crippen molar-refractivity contribution in [2.45, 2.75) is 33.6 Å². The summed E-state index contributed by atoms with van der Waals surface area (Å²) in [6.45, 7) is 6.20. The van der Waals surface area contributed by atoms with E-state index in [1.54, 1.807) is 6.07 Å². The van der Waals surface area contributed by atoms with Gasteiger partial charge in [-0.3, -0.25) is 0 Å². The van der Waals surface area contributed by atoms with E-state index in [1.807, 2.05) is 13.0 Å². The molecule has 0 fully saturated rings. The number of benzene rings is 1. The predicted molar refractivity (Wildman–Crippen MR) is 51.6 cm³/mol. The Labute approximate surface area is 74.1 Å². The predicted octanol–water partition coefficient (Wildman–Crippen LogP) is 2.96. The molecule has 0 aliphatic rings. The Balaban J connectivity index is 3.08. The van der Waals surface area contributed by atoms with Gasteiger partial charge < -0.3 is 5.11 Å². The summed E-state index contributed by atoms with van der Waals surface area (Å²) in [7, 11) is 0. The fourth-order valence-electron chi connectivity index (χ4n) is 1.40. The van der Waals surface area contributed by atoms with Crippen molar-refractivity contribution in [3.05, 3.63) is 28.8 Å². The Morgan fingerprint density at radius 2 is 1.83 bits per heavy atom. The summed E-state index contributed by atoms with van der Waals surface area (Å²) >= 11 is 0. The number of hydrogen-bond donors (Lipinski definition) is 1. The highest BCUT2D eigenvalue weighted by Crippen LogP contribution is 2.23. The summed E-state index contributed by atoms with van der Waals surface area (Å²) in [5.74, 6) is 0.410. The lowest BCUT2D eigenvalue weighted by molar-refractivity contribution is 0.470. The maximum Gasteiger partial charge on any atom is 0.118 e. The van der Waals surface area contributed by atoms with Crippen molar-refractivity contribution in [2.75, 3.05) is 0 Å². The third-order valence-electron chi connectivity index (χ3n) is 2.39. The zero-order valence-electron chi connectivity index (χ0n) is 8.02. The van der Waals surface area contributed by atoms with Crippen molar-refractivity contribution < 1.29 is 5.11 Å². The molecule has 0 radical (unpaired) electrons. The third kappa shape index (κ3) is 1.60. The van der Waals surface area contributed by atoms with E-state index < -0.39 is 0 Å². The molecule has 0 saturated heterocycles. The van der Waals surface area contributed by atoms with Gasteiger partial charge in [-0.1, -0.05) is 19.4 Å². The second-order valence-electron chi connectivity index (χ2n) is 3.24. The normalized spacial score (nSPS) is 10.2. The molecule has 0 aliphatic carbocycles. The van der Waals surface area contributed by atoms with Crippen LogP contribution in [0.3, 0.4) is 0 Å². The molecule has 0 aromatic heterocycles. The second-order valence-corrected chi connectivity index (χ2v) is 3.24. The Kier molecular flexibility index (Phi) is 2.74. The molecular formula is C11H16O. The Morgan fingerprint density at radius 3 is 2.42 bits per heavy atom. The minimum absolute atomic E-state index is 0.410. The smallest absolute Gasteiger partial charge is 0.118 e. The van der Waals surface area contributed by atoms with Crippen LogP contribution in [0.1, 0.15) is 30.0 Å². The standard InChI is InChI=1S/C11H16O/c1-4-5-10-6-7-11(12)9(3)8(10)2/h6-7,12H,4-5H2,1-3H3. The van der Waals surface area contributed by atoms with Crippen LogP contribution in [0.15, 0.2) is 12.1 Å². The van der Waals surface area contributed by atoms with Crippen LogP contribution in [0.2, 0.25) is 0 Å². The van der Waals surface area contributed by atoms with E-state index in [-0.39, 0.29) is 0 Å². The zero-order chi connectivity index (χ0) is 9.14. The molecule has 12 heavy (non-hydrogen) atoms. The molecule has 1 aromatic carbocycles. The zero-order valence-corrected chi connectivity index (χ0v) is 8.02. The van der Waals surface area contributed by atoms with Crippen molar-refractivity contribution in [3.63, 3.8) is 0 Å². The molecule has 1 rings (SSSR count). The van der Waals surface area contributed by atoms with Gasteiger partial charge in [0.25, 0.3) is 0 Å². The molecule has 1 nitrogen and oxygen atoms in total. The number of hydrogen-bond acceptors (Lipinski definition) is 1. The van der Waals surface area contributed by atoms with Gasteiger partial charge in [0.1, 0.15) is 5.75 Å². The lowest BCUT2D eigenvalue weighted by Gasteiger charge is -2.08. The van der Waals surface area contributed by atoms with Gasteiger partial charge in [0.05, 0.1) is 0 Å². The summed E-state index contributed by atoms with van der Waals surface area (Å²) in [6, 6.07) is 3.80. The highest BCUT2D eigenvalue weighted by Gasteiger charge is 2.03. The van der Waals surface area contributed by atoms with Gasteiger partial charge in [-0.25, -0.2) is 0 Å². The summed E-state index contributed by atoms with van der Waals surface area (Å²) in [5.41, 5.74) is 3.60. The molecule has 66 valence electrons. The van der Waals surface area contributed by atoms with Crippen LogP contribution < -0.4 is 0 Å². The second kappa shape index (κ2) is 3.61. The fourth-order valence-corrected chi connectivity index (χ4v) is 1.40. The molecule has 0 unspecified atom stereocenters. The van der Waals surface area contributed by atoms with Gasteiger partial charge in [-0.15, -0.1) is 0 Å². The molecule has 0 amide bonds. The first-order chi connectivity index (χ1) is 5.66. The average Bonchev–Trinajstić information content (AvgIpc) is 2.07. The number of aryl methyl sites for hydroxylation is 1. The van der Waals surface area contributed by atoms with Gasteiger partial charge in [-0.05, 0) is 43.0 Å². The molecule has 0 spiro atoms. The molecule has 0 aliphatic heterocycles. The van der Waals surface area contributed by atoms with Crippen molar-refractivity contribution in [3.8, 4) is 5.75 Å². The Morgan fingerprint density at radius 1 is 1.17 bits per heavy atom. The monoisotopic (exact) mass is 164 g/mol. The fraction of sp³-hybridized carbons (Fsp3) is 0.455. The van der Waals surface area contributed by atoms with Crippen molar-refractivity contribution in [1.82, 2.24) is 0 Å². The van der Waals surface area contributed by atoms with E-state index in [4.69, 9.17) is 0 Å². The van der Waals surface area contributed by atoms with Crippen LogP contribution in [0.25, 0.3) is 0 Å². The number of rotatable bonds is 2. The number of aromatic hydroxyl groups is 1. The van der Waals surface area contributed by atoms with Crippen LogP contribution >= 0.6 is 0 Å². The molecule has 0 saturated carbocycles. The molecular weight excluding hydrogens is 148 g/mol. The van der Waals surface area contributed by atoms with Gasteiger partial charge in [-0.2, -0.15) is 0 Å². The van der Waals surface area contributed by atoms with Crippen LogP contribution in [0, 0.1) is 13.8 Å². The SMILES string of the molecule is CCCc1ccc(O)c(C)c1C. The van der Waals surface area contributed by atoms with E-state index >= 15 is 0 Å². The first kappa shape index (κ1) is 9.11. The average molecular weight is 164 g/mol. The lowest BCUT2D eigenvalue weighted by atomic mass is 9.99. The Hall–Kier alpha value is -0.980. The highest BCUT2D eigenvalue weighted by atomic mass is 16.3. The molecule has 1 heteroatoms. The molecule has 1 aromatic rings. The Bertz CT molecular complexity index is 277. The van der Waals surface area contributed by atoms with Crippen LogP contribution in [0.5, 0.6) is 5.75 Å². The first-order valence-corrected chi connectivity index (χ1v) is 4.44. The maximum atomic E-state index is 9.39. The maximum absolute atomic E-state index is 9.39. The van der Waals surface area contributed by atoms with E-state index in [0.717, 1.165) is 18.4 Å².